The summed E-state index contributed by atoms with van der Waals surface area (Å²) in [5.41, 5.74) is 4.30. The molecular weight excluding hydrogens is 386 g/mol. The van der Waals surface area contributed by atoms with Crippen molar-refractivity contribution in [3.05, 3.63) is 71.8 Å². The number of carbonyl (C=O) groups is 3. The highest BCUT2D eigenvalue weighted by Gasteiger charge is 2.30. The van der Waals surface area contributed by atoms with Gasteiger partial charge >= 0.3 is 18.0 Å². The summed E-state index contributed by atoms with van der Waals surface area (Å²) in [6, 6.07) is 14.5. The van der Waals surface area contributed by atoms with E-state index < -0.39 is 30.5 Å². The molecule has 1 aliphatic rings. The van der Waals surface area contributed by atoms with Gasteiger partial charge in [0.2, 0.25) is 0 Å². The van der Waals surface area contributed by atoms with Crippen molar-refractivity contribution < 1.29 is 29.0 Å². The number of carboxylic acid groups (broad SMARTS) is 1. The van der Waals surface area contributed by atoms with Crippen molar-refractivity contribution in [2.45, 2.75) is 25.3 Å². The van der Waals surface area contributed by atoms with E-state index in [-0.39, 0.29) is 19.1 Å². The molecule has 2 aromatic rings. The fourth-order valence-corrected chi connectivity index (χ4v) is 3.48. The van der Waals surface area contributed by atoms with Gasteiger partial charge in [-0.2, -0.15) is 0 Å². The molecule has 0 aromatic heterocycles. The summed E-state index contributed by atoms with van der Waals surface area (Å²) in [4.78, 5) is 35.4. The number of fused-ring (bicyclic) bond motifs is 3. The normalized spacial score (nSPS) is 13.4. The minimum atomic E-state index is -1.33. The van der Waals surface area contributed by atoms with Gasteiger partial charge < -0.3 is 19.9 Å². The first kappa shape index (κ1) is 21.1. The van der Waals surface area contributed by atoms with Crippen molar-refractivity contribution in [2.75, 3.05) is 13.2 Å². The number of allylic oxidation sites excluding steroid dienone is 1. The molecule has 0 unspecified atom stereocenters. The smallest absolute Gasteiger partial charge is 0.407 e. The summed E-state index contributed by atoms with van der Waals surface area (Å²) in [6.45, 7) is 1.82. The molecule has 0 radical (unpaired) electrons. The molecular formula is C23H23NO6. The molecule has 7 nitrogen and oxygen atoms in total. The summed E-state index contributed by atoms with van der Waals surface area (Å²) < 4.78 is 10.3. The Kier molecular flexibility index (Phi) is 6.85. The Hall–Kier alpha value is -3.61. The molecule has 0 saturated carbocycles. The van der Waals surface area contributed by atoms with E-state index in [4.69, 9.17) is 14.6 Å². The molecule has 30 heavy (non-hydrogen) atoms. The second-order valence-electron chi connectivity index (χ2n) is 6.82. The number of alkyl carbamates (subject to hydrolysis) is 1. The largest absolute Gasteiger partial charge is 0.481 e. The van der Waals surface area contributed by atoms with E-state index in [0.717, 1.165) is 22.3 Å². The Balaban J connectivity index is 1.65. The van der Waals surface area contributed by atoms with Crippen molar-refractivity contribution in [2.24, 2.45) is 0 Å². The van der Waals surface area contributed by atoms with Crippen LogP contribution in [0.2, 0.25) is 0 Å². The summed E-state index contributed by atoms with van der Waals surface area (Å²) >= 11 is 0. The van der Waals surface area contributed by atoms with E-state index >= 15 is 0 Å². The van der Waals surface area contributed by atoms with E-state index in [1.807, 2.05) is 48.5 Å². The zero-order chi connectivity index (χ0) is 21.5. The Bertz CT molecular complexity index is 922. The third-order valence-electron chi connectivity index (χ3n) is 4.86. The number of amides is 1. The monoisotopic (exact) mass is 409 g/mol. The van der Waals surface area contributed by atoms with E-state index in [9.17, 15) is 14.4 Å². The molecule has 0 aliphatic heterocycles. The first-order valence-electron chi connectivity index (χ1n) is 9.62. The fraction of sp³-hybridized carbons (Fsp3) is 0.261. The molecule has 7 heteroatoms. The molecule has 0 bridgehead atoms. The highest BCUT2D eigenvalue weighted by molar-refractivity contribution is 5.86. The van der Waals surface area contributed by atoms with E-state index in [2.05, 4.69) is 5.32 Å². The summed E-state index contributed by atoms with van der Waals surface area (Å²) in [6.07, 6.45) is 1.83. The first-order valence-corrected chi connectivity index (χ1v) is 9.62. The van der Waals surface area contributed by atoms with Crippen LogP contribution in [0.15, 0.2) is 60.7 Å². The maximum absolute atomic E-state index is 12.3. The molecule has 1 amide bonds. The molecule has 2 N–H and O–H groups in total. The van der Waals surface area contributed by atoms with Crippen LogP contribution in [-0.2, 0) is 19.1 Å². The standard InChI is InChI=1S/C23H23NO6/c1-2-3-12-29-22(27)20(13-21(25)26)24-23(28)30-14-19-17-10-6-4-8-15(17)16-9-5-7-11-18(16)19/h2-11,19-20H,12-14H2,1H3,(H,24,28)(H,25,26)/t20-/m0/s1. The number of aliphatic carboxylic acids is 1. The van der Waals surface area contributed by atoms with E-state index in [1.54, 1.807) is 19.1 Å². The van der Waals surface area contributed by atoms with Crippen LogP contribution in [0.25, 0.3) is 11.1 Å². The maximum Gasteiger partial charge on any atom is 0.407 e. The highest BCUT2D eigenvalue weighted by atomic mass is 16.6. The predicted octanol–water partition coefficient (Wildman–Crippen LogP) is 3.49. The van der Waals surface area contributed by atoms with E-state index in [0.29, 0.717) is 0 Å². The van der Waals surface area contributed by atoms with E-state index in [1.165, 1.54) is 0 Å². The molecule has 2 aromatic carbocycles. The number of rotatable bonds is 8. The van der Waals surface area contributed by atoms with Crippen molar-refractivity contribution in [1.82, 2.24) is 5.32 Å². The minimum Gasteiger partial charge on any atom is -0.481 e. The van der Waals surface area contributed by atoms with Crippen molar-refractivity contribution >= 4 is 18.0 Å². The highest BCUT2D eigenvalue weighted by Crippen LogP contribution is 2.44. The molecule has 3 rings (SSSR count). The van der Waals surface area contributed by atoms with Gasteiger partial charge in [0.05, 0.1) is 6.42 Å². The summed E-state index contributed by atoms with van der Waals surface area (Å²) in [7, 11) is 0. The van der Waals surface area contributed by atoms with Crippen molar-refractivity contribution in [3.63, 3.8) is 0 Å². The number of nitrogens with one attached hydrogen (secondary N) is 1. The van der Waals surface area contributed by atoms with Gasteiger partial charge in [0, 0.05) is 5.92 Å². The van der Waals surface area contributed by atoms with Crippen LogP contribution in [-0.4, -0.2) is 42.4 Å². The molecule has 1 aliphatic carbocycles. The van der Waals surface area contributed by atoms with Crippen LogP contribution in [0, 0.1) is 0 Å². The second kappa shape index (κ2) is 9.73. The second-order valence-corrected chi connectivity index (χ2v) is 6.82. The molecule has 0 saturated heterocycles. The molecule has 156 valence electrons. The first-order chi connectivity index (χ1) is 14.5. The topological polar surface area (TPSA) is 102 Å². The average Bonchev–Trinajstić information content (AvgIpc) is 3.05. The number of benzene rings is 2. The third kappa shape index (κ3) is 4.86. The zero-order valence-electron chi connectivity index (χ0n) is 16.5. The number of hydrogen-bond acceptors (Lipinski definition) is 5. The van der Waals surface area contributed by atoms with Crippen molar-refractivity contribution in [3.8, 4) is 11.1 Å². The number of esters is 1. The van der Waals surface area contributed by atoms with Gasteiger partial charge in [-0.1, -0.05) is 60.7 Å². The van der Waals surface area contributed by atoms with Crippen molar-refractivity contribution in [1.29, 1.82) is 0 Å². The summed E-state index contributed by atoms with van der Waals surface area (Å²) in [5, 5.41) is 11.3. The molecule has 0 fully saturated rings. The Morgan fingerprint density at radius 2 is 1.63 bits per heavy atom. The van der Waals surface area contributed by atoms with Crippen LogP contribution >= 0.6 is 0 Å². The number of hydrogen-bond donors (Lipinski definition) is 2. The van der Waals surface area contributed by atoms with Crippen LogP contribution < -0.4 is 5.32 Å². The lowest BCUT2D eigenvalue weighted by Crippen LogP contribution is -2.43. The lowest BCUT2D eigenvalue weighted by atomic mass is 9.98. The van der Waals surface area contributed by atoms with Gasteiger partial charge in [-0.05, 0) is 29.2 Å². The van der Waals surface area contributed by atoms with Crippen LogP contribution in [0.3, 0.4) is 0 Å². The van der Waals surface area contributed by atoms with Crippen LogP contribution in [0.4, 0.5) is 4.79 Å². The molecule has 0 heterocycles. The third-order valence-corrected chi connectivity index (χ3v) is 4.86. The van der Waals surface area contributed by atoms with Gasteiger partial charge in [-0.15, -0.1) is 0 Å². The van der Waals surface area contributed by atoms with Gasteiger partial charge in [0.25, 0.3) is 0 Å². The number of carbonyl (C=O) groups excluding carboxylic acids is 2. The Morgan fingerprint density at radius 1 is 1.03 bits per heavy atom. The number of ether oxygens (including phenoxy) is 2. The Morgan fingerprint density at radius 3 is 2.20 bits per heavy atom. The SMILES string of the molecule is CC=CCOC(=O)[C@H](CC(=O)O)NC(=O)OCC1c2ccccc2-c2ccccc21. The lowest BCUT2D eigenvalue weighted by molar-refractivity contribution is -0.149. The van der Waals surface area contributed by atoms with Gasteiger partial charge in [-0.25, -0.2) is 9.59 Å². The zero-order valence-corrected chi connectivity index (χ0v) is 16.5. The number of carboxylic acids is 1. The molecule has 1 atom stereocenters. The van der Waals surface area contributed by atoms with Gasteiger partial charge in [-0.3, -0.25) is 4.79 Å². The molecule has 0 spiro atoms. The fourth-order valence-electron chi connectivity index (χ4n) is 3.48. The quantitative estimate of drug-likeness (QED) is 0.511. The lowest BCUT2D eigenvalue weighted by Gasteiger charge is -2.18. The maximum atomic E-state index is 12.3. The average molecular weight is 409 g/mol. The predicted molar refractivity (Wildman–Crippen MR) is 110 cm³/mol. The van der Waals surface area contributed by atoms with Gasteiger partial charge in [0.1, 0.15) is 19.3 Å². The summed E-state index contributed by atoms with van der Waals surface area (Å²) in [5.74, 6) is -2.20. The van der Waals surface area contributed by atoms with Crippen LogP contribution in [0.1, 0.15) is 30.4 Å². The minimum absolute atomic E-state index is 0.00216. The van der Waals surface area contributed by atoms with Crippen LogP contribution in [0.5, 0.6) is 0 Å². The Labute approximate surface area is 174 Å². The van der Waals surface area contributed by atoms with Gasteiger partial charge in [0.15, 0.2) is 0 Å².